The maximum Gasteiger partial charge on any atom is 0.408 e. The maximum absolute atomic E-state index is 12.9. The number of alkyl carbamates (subject to hydrolysis) is 1. The standard InChI is InChI=1S/C27H24N2O5/c30-26(33-19-23-18-32-25(28-23)22-14-8-3-9-15-22)24(16-20-10-4-1-5-11-20)29-27(31)34-17-21-12-6-2-7-13-21/h1-15,18,24H,16-17,19H2,(H,29,31)/t24-/m1/s1. The Balaban J connectivity index is 1.37. The Morgan fingerprint density at radius 1 is 0.794 bits per heavy atom. The molecule has 1 amide bonds. The third kappa shape index (κ3) is 6.56. The molecule has 0 bridgehead atoms. The average Bonchev–Trinajstić information content (AvgIpc) is 3.37. The molecule has 0 saturated heterocycles. The highest BCUT2D eigenvalue weighted by Crippen LogP contribution is 2.18. The number of hydrogen-bond acceptors (Lipinski definition) is 6. The summed E-state index contributed by atoms with van der Waals surface area (Å²) in [6, 6.07) is 27.2. The SMILES string of the molecule is O=C(N[C@H](Cc1ccccc1)C(=O)OCc1coc(-c2ccccc2)n1)OCc1ccccc1. The maximum atomic E-state index is 12.9. The monoisotopic (exact) mass is 456 g/mol. The lowest BCUT2D eigenvalue weighted by atomic mass is 10.1. The Morgan fingerprint density at radius 3 is 2.09 bits per heavy atom. The molecule has 7 nitrogen and oxygen atoms in total. The predicted molar refractivity (Wildman–Crippen MR) is 125 cm³/mol. The Kier molecular flexibility index (Phi) is 7.69. The summed E-state index contributed by atoms with van der Waals surface area (Å²) in [4.78, 5) is 29.6. The van der Waals surface area contributed by atoms with E-state index in [1.54, 1.807) is 0 Å². The molecule has 1 aromatic heterocycles. The second-order valence-electron chi connectivity index (χ2n) is 7.57. The first-order valence-corrected chi connectivity index (χ1v) is 10.8. The molecule has 172 valence electrons. The first kappa shape index (κ1) is 22.8. The molecular weight excluding hydrogens is 432 g/mol. The van der Waals surface area contributed by atoms with Gasteiger partial charge in [-0.05, 0) is 23.3 Å². The number of benzene rings is 3. The molecule has 3 aromatic carbocycles. The summed E-state index contributed by atoms with van der Waals surface area (Å²) in [5, 5.41) is 2.62. The first-order chi connectivity index (χ1) is 16.7. The Hall–Kier alpha value is -4.39. The van der Waals surface area contributed by atoms with Crippen molar-refractivity contribution in [1.82, 2.24) is 10.3 Å². The fourth-order valence-corrected chi connectivity index (χ4v) is 3.28. The van der Waals surface area contributed by atoms with Crippen LogP contribution in [0.15, 0.2) is 102 Å². The highest BCUT2D eigenvalue weighted by atomic mass is 16.6. The van der Waals surface area contributed by atoms with Gasteiger partial charge in [-0.25, -0.2) is 14.6 Å². The van der Waals surface area contributed by atoms with Crippen LogP contribution < -0.4 is 5.32 Å². The van der Waals surface area contributed by atoms with Crippen LogP contribution in [0.2, 0.25) is 0 Å². The van der Waals surface area contributed by atoms with E-state index in [1.165, 1.54) is 6.26 Å². The largest absolute Gasteiger partial charge is 0.458 e. The summed E-state index contributed by atoms with van der Waals surface area (Å²) in [5.74, 6) is -0.153. The van der Waals surface area contributed by atoms with Crippen LogP contribution in [0.25, 0.3) is 11.5 Å². The van der Waals surface area contributed by atoms with E-state index in [9.17, 15) is 9.59 Å². The zero-order valence-corrected chi connectivity index (χ0v) is 18.4. The van der Waals surface area contributed by atoms with Gasteiger partial charge in [-0.3, -0.25) is 0 Å². The van der Waals surface area contributed by atoms with E-state index in [-0.39, 0.29) is 19.6 Å². The van der Waals surface area contributed by atoms with Crippen LogP contribution in [0.4, 0.5) is 4.79 Å². The van der Waals surface area contributed by atoms with Gasteiger partial charge in [-0.15, -0.1) is 0 Å². The predicted octanol–water partition coefficient (Wildman–Crippen LogP) is 4.92. The van der Waals surface area contributed by atoms with E-state index < -0.39 is 18.1 Å². The summed E-state index contributed by atoms with van der Waals surface area (Å²) in [5.41, 5.74) is 3.02. The summed E-state index contributed by atoms with van der Waals surface area (Å²) >= 11 is 0. The molecule has 4 aromatic rings. The number of oxazole rings is 1. The molecule has 34 heavy (non-hydrogen) atoms. The molecule has 0 fully saturated rings. The lowest BCUT2D eigenvalue weighted by Gasteiger charge is -2.17. The summed E-state index contributed by atoms with van der Waals surface area (Å²) in [7, 11) is 0. The highest BCUT2D eigenvalue weighted by Gasteiger charge is 2.24. The van der Waals surface area contributed by atoms with Crippen molar-refractivity contribution in [2.24, 2.45) is 0 Å². The van der Waals surface area contributed by atoms with Crippen molar-refractivity contribution in [3.05, 3.63) is 114 Å². The van der Waals surface area contributed by atoms with E-state index in [1.807, 2.05) is 91.0 Å². The number of carbonyl (C=O) groups is 2. The Labute approximate surface area is 197 Å². The molecule has 0 aliphatic heterocycles. The number of rotatable bonds is 9. The lowest BCUT2D eigenvalue weighted by Crippen LogP contribution is -2.43. The van der Waals surface area contributed by atoms with Crippen molar-refractivity contribution in [2.45, 2.75) is 25.7 Å². The normalized spacial score (nSPS) is 11.4. The van der Waals surface area contributed by atoms with Gasteiger partial charge in [0.05, 0.1) is 0 Å². The minimum Gasteiger partial charge on any atom is -0.458 e. The minimum atomic E-state index is -0.925. The second-order valence-corrected chi connectivity index (χ2v) is 7.57. The number of esters is 1. The highest BCUT2D eigenvalue weighted by molar-refractivity contribution is 5.81. The fourth-order valence-electron chi connectivity index (χ4n) is 3.28. The van der Waals surface area contributed by atoms with Crippen molar-refractivity contribution >= 4 is 12.1 Å². The van der Waals surface area contributed by atoms with Gasteiger partial charge in [-0.1, -0.05) is 78.9 Å². The number of hydrogen-bond donors (Lipinski definition) is 1. The van der Waals surface area contributed by atoms with Gasteiger partial charge in [0.15, 0.2) is 0 Å². The quantitative estimate of drug-likeness (QED) is 0.360. The summed E-state index contributed by atoms with van der Waals surface area (Å²) in [6.07, 6.45) is 1.01. The van der Waals surface area contributed by atoms with Gasteiger partial charge in [0, 0.05) is 12.0 Å². The molecule has 1 N–H and O–H groups in total. The van der Waals surface area contributed by atoms with Crippen molar-refractivity contribution in [3.8, 4) is 11.5 Å². The molecule has 0 aliphatic carbocycles. The zero-order chi connectivity index (χ0) is 23.6. The van der Waals surface area contributed by atoms with Gasteiger partial charge >= 0.3 is 12.1 Å². The van der Waals surface area contributed by atoms with Crippen molar-refractivity contribution in [2.75, 3.05) is 0 Å². The van der Waals surface area contributed by atoms with Crippen LogP contribution in [-0.4, -0.2) is 23.1 Å². The van der Waals surface area contributed by atoms with E-state index >= 15 is 0 Å². The number of nitrogens with zero attached hydrogens (tertiary/aromatic N) is 1. The fraction of sp³-hybridized carbons (Fsp3) is 0.148. The number of carbonyl (C=O) groups excluding carboxylic acids is 2. The molecule has 0 saturated carbocycles. The van der Waals surface area contributed by atoms with Gasteiger partial charge in [-0.2, -0.15) is 0 Å². The van der Waals surface area contributed by atoms with E-state index in [4.69, 9.17) is 13.9 Å². The van der Waals surface area contributed by atoms with Crippen molar-refractivity contribution < 1.29 is 23.5 Å². The molecule has 1 heterocycles. The van der Waals surface area contributed by atoms with Crippen molar-refractivity contribution in [3.63, 3.8) is 0 Å². The third-order valence-electron chi connectivity index (χ3n) is 5.01. The summed E-state index contributed by atoms with van der Waals surface area (Å²) in [6.45, 7) is 0.0161. The van der Waals surface area contributed by atoms with Gasteiger partial charge < -0.3 is 19.2 Å². The van der Waals surface area contributed by atoms with Crippen LogP contribution in [0.3, 0.4) is 0 Å². The Morgan fingerprint density at radius 2 is 1.41 bits per heavy atom. The molecule has 0 unspecified atom stereocenters. The molecule has 0 spiro atoms. The van der Waals surface area contributed by atoms with E-state index in [2.05, 4.69) is 10.3 Å². The number of amides is 1. The van der Waals surface area contributed by atoms with Crippen LogP contribution in [-0.2, 0) is 33.9 Å². The number of aromatic nitrogens is 1. The average molecular weight is 456 g/mol. The van der Waals surface area contributed by atoms with Crippen molar-refractivity contribution in [1.29, 1.82) is 0 Å². The van der Waals surface area contributed by atoms with Gasteiger partial charge in [0.1, 0.15) is 31.2 Å². The zero-order valence-electron chi connectivity index (χ0n) is 18.4. The van der Waals surface area contributed by atoms with Crippen LogP contribution >= 0.6 is 0 Å². The summed E-state index contributed by atoms with van der Waals surface area (Å²) < 4.78 is 16.2. The molecule has 1 atom stereocenters. The second kappa shape index (κ2) is 11.5. The minimum absolute atomic E-state index is 0.0821. The Bertz CT molecular complexity index is 1190. The number of ether oxygens (including phenoxy) is 2. The van der Waals surface area contributed by atoms with Crippen LogP contribution in [0.5, 0.6) is 0 Å². The van der Waals surface area contributed by atoms with E-state index in [0.29, 0.717) is 11.6 Å². The smallest absolute Gasteiger partial charge is 0.408 e. The van der Waals surface area contributed by atoms with Crippen LogP contribution in [0, 0.1) is 0 Å². The first-order valence-electron chi connectivity index (χ1n) is 10.8. The van der Waals surface area contributed by atoms with Crippen LogP contribution in [0.1, 0.15) is 16.8 Å². The number of nitrogens with one attached hydrogen (secondary N) is 1. The molecule has 0 radical (unpaired) electrons. The van der Waals surface area contributed by atoms with E-state index in [0.717, 1.165) is 16.7 Å². The van der Waals surface area contributed by atoms with Gasteiger partial charge in [0.2, 0.25) is 5.89 Å². The third-order valence-corrected chi connectivity index (χ3v) is 5.01. The topological polar surface area (TPSA) is 90.7 Å². The lowest BCUT2D eigenvalue weighted by molar-refractivity contribution is -0.147. The van der Waals surface area contributed by atoms with Gasteiger partial charge in [0.25, 0.3) is 0 Å². The molecular formula is C27H24N2O5. The molecule has 7 heteroatoms. The molecule has 0 aliphatic rings. The molecule has 4 rings (SSSR count).